The summed E-state index contributed by atoms with van der Waals surface area (Å²) in [6.45, 7) is 1.66. The van der Waals surface area contributed by atoms with Crippen LogP contribution in [-0.4, -0.2) is 21.5 Å². The molecule has 1 aliphatic rings. The van der Waals surface area contributed by atoms with Gasteiger partial charge in [-0.2, -0.15) is 0 Å². The Kier molecular flexibility index (Phi) is 3.92. The number of carboxylic acid groups (broad SMARTS) is 1. The Morgan fingerprint density at radius 3 is 2.55 bits per heavy atom. The third-order valence-electron chi connectivity index (χ3n) is 3.91. The van der Waals surface area contributed by atoms with Crippen LogP contribution in [0.5, 0.6) is 0 Å². The van der Waals surface area contributed by atoms with Gasteiger partial charge in [0.25, 0.3) is 5.69 Å². The molecule has 0 aromatic heterocycles. The summed E-state index contributed by atoms with van der Waals surface area (Å²) in [7, 11) is 0. The van der Waals surface area contributed by atoms with Gasteiger partial charge >= 0.3 is 5.97 Å². The first-order valence-electron chi connectivity index (χ1n) is 6.71. The second-order valence-corrected chi connectivity index (χ2v) is 5.33. The van der Waals surface area contributed by atoms with Crippen LogP contribution in [0, 0.1) is 17.0 Å². The maximum absolute atomic E-state index is 11.6. The largest absolute Gasteiger partial charge is 0.480 e. The van der Waals surface area contributed by atoms with Crippen molar-refractivity contribution in [1.29, 1.82) is 0 Å². The molecule has 0 heterocycles. The van der Waals surface area contributed by atoms with Crippen LogP contribution < -0.4 is 5.32 Å². The molecule has 1 fully saturated rings. The topological polar surface area (TPSA) is 92.5 Å². The lowest BCUT2D eigenvalue weighted by Gasteiger charge is -2.34. The number of anilines is 1. The molecule has 108 valence electrons. The lowest BCUT2D eigenvalue weighted by atomic mass is 9.81. The molecular weight excluding hydrogens is 260 g/mol. The van der Waals surface area contributed by atoms with Crippen molar-refractivity contribution in [3.8, 4) is 0 Å². The summed E-state index contributed by atoms with van der Waals surface area (Å²) in [5, 5.41) is 23.4. The molecular formula is C14H18N2O4. The van der Waals surface area contributed by atoms with E-state index in [4.69, 9.17) is 0 Å². The molecule has 2 rings (SSSR count). The molecule has 0 radical (unpaired) electrons. The molecule has 0 spiro atoms. The lowest BCUT2D eigenvalue weighted by molar-refractivity contribution is -0.385. The van der Waals surface area contributed by atoms with E-state index in [2.05, 4.69) is 5.32 Å². The highest BCUT2D eigenvalue weighted by Crippen LogP contribution is 2.33. The van der Waals surface area contributed by atoms with Crippen molar-refractivity contribution < 1.29 is 14.8 Å². The van der Waals surface area contributed by atoms with Crippen molar-refractivity contribution in [2.75, 3.05) is 5.32 Å². The Bertz CT molecular complexity index is 536. The van der Waals surface area contributed by atoms with Crippen LogP contribution in [0.2, 0.25) is 0 Å². The molecule has 0 aliphatic heterocycles. The molecule has 0 bridgehead atoms. The van der Waals surface area contributed by atoms with E-state index in [0.29, 0.717) is 24.1 Å². The van der Waals surface area contributed by atoms with Crippen molar-refractivity contribution in [3.63, 3.8) is 0 Å². The third kappa shape index (κ3) is 2.74. The average Bonchev–Trinajstić information content (AvgIpc) is 2.41. The fourth-order valence-electron chi connectivity index (χ4n) is 2.71. The van der Waals surface area contributed by atoms with E-state index in [0.717, 1.165) is 19.3 Å². The van der Waals surface area contributed by atoms with E-state index in [-0.39, 0.29) is 5.69 Å². The predicted octanol–water partition coefficient (Wildman–Crippen LogP) is 3.10. The molecule has 1 aromatic rings. The average molecular weight is 278 g/mol. The van der Waals surface area contributed by atoms with E-state index in [9.17, 15) is 20.0 Å². The Hall–Kier alpha value is -2.11. The number of hydrogen-bond acceptors (Lipinski definition) is 4. The first-order valence-corrected chi connectivity index (χ1v) is 6.71. The number of carbonyl (C=O) groups is 1. The Morgan fingerprint density at radius 1 is 1.35 bits per heavy atom. The highest BCUT2D eigenvalue weighted by Gasteiger charge is 2.39. The monoisotopic (exact) mass is 278 g/mol. The molecule has 2 N–H and O–H groups in total. The summed E-state index contributed by atoms with van der Waals surface area (Å²) < 4.78 is 0. The molecule has 6 heteroatoms. The fourth-order valence-corrected chi connectivity index (χ4v) is 2.71. The van der Waals surface area contributed by atoms with Crippen LogP contribution in [0.15, 0.2) is 18.2 Å². The van der Waals surface area contributed by atoms with E-state index in [1.807, 2.05) is 0 Å². The van der Waals surface area contributed by atoms with Gasteiger partial charge in [-0.25, -0.2) is 4.79 Å². The van der Waals surface area contributed by atoms with Crippen LogP contribution in [0.1, 0.15) is 37.7 Å². The summed E-state index contributed by atoms with van der Waals surface area (Å²) in [6.07, 6.45) is 3.83. The molecule has 0 saturated heterocycles. The minimum absolute atomic E-state index is 0.00588. The first-order chi connectivity index (χ1) is 9.44. The van der Waals surface area contributed by atoms with Gasteiger partial charge in [-0.15, -0.1) is 0 Å². The number of aliphatic carboxylic acids is 1. The van der Waals surface area contributed by atoms with Crippen LogP contribution in [0.25, 0.3) is 0 Å². The smallest absolute Gasteiger partial charge is 0.329 e. The number of nitro groups is 1. The van der Waals surface area contributed by atoms with E-state index >= 15 is 0 Å². The molecule has 20 heavy (non-hydrogen) atoms. The van der Waals surface area contributed by atoms with E-state index in [1.165, 1.54) is 6.07 Å². The molecule has 1 saturated carbocycles. The summed E-state index contributed by atoms with van der Waals surface area (Å²) >= 11 is 0. The van der Waals surface area contributed by atoms with E-state index < -0.39 is 16.4 Å². The maximum atomic E-state index is 11.6. The Morgan fingerprint density at radius 2 is 2.00 bits per heavy atom. The summed E-state index contributed by atoms with van der Waals surface area (Å²) in [5.74, 6) is -0.888. The fraction of sp³-hybridized carbons (Fsp3) is 0.500. The summed E-state index contributed by atoms with van der Waals surface area (Å²) in [5.41, 5.74) is 0.0630. The third-order valence-corrected chi connectivity index (χ3v) is 3.91. The SMILES string of the molecule is Cc1ccc(NC2(C(=O)O)CCCCC2)cc1[N+](=O)[O-]. The van der Waals surface area contributed by atoms with Crippen LogP contribution >= 0.6 is 0 Å². The van der Waals surface area contributed by atoms with Gasteiger partial charge in [0.1, 0.15) is 5.54 Å². The molecule has 0 unspecified atom stereocenters. The molecule has 1 aromatic carbocycles. The van der Waals surface area contributed by atoms with Crippen molar-refractivity contribution >= 4 is 17.3 Å². The molecule has 0 atom stereocenters. The molecule has 0 amide bonds. The lowest BCUT2D eigenvalue weighted by Crippen LogP contribution is -2.47. The number of benzene rings is 1. The normalized spacial score (nSPS) is 17.4. The summed E-state index contributed by atoms with van der Waals surface area (Å²) in [6, 6.07) is 4.75. The number of hydrogen-bond donors (Lipinski definition) is 2. The second kappa shape index (κ2) is 5.48. The minimum Gasteiger partial charge on any atom is -0.480 e. The minimum atomic E-state index is -0.999. The van der Waals surface area contributed by atoms with Crippen molar-refractivity contribution in [3.05, 3.63) is 33.9 Å². The van der Waals surface area contributed by atoms with Gasteiger partial charge in [0.05, 0.1) is 4.92 Å². The quantitative estimate of drug-likeness (QED) is 0.652. The highest BCUT2D eigenvalue weighted by atomic mass is 16.6. The van der Waals surface area contributed by atoms with Gasteiger partial charge in [0.2, 0.25) is 0 Å². The van der Waals surface area contributed by atoms with Gasteiger partial charge in [-0.05, 0) is 25.8 Å². The van der Waals surface area contributed by atoms with Gasteiger partial charge in [0, 0.05) is 17.3 Å². The molecule has 1 aliphatic carbocycles. The predicted molar refractivity (Wildman–Crippen MR) is 74.9 cm³/mol. The van der Waals surface area contributed by atoms with Crippen molar-refractivity contribution in [2.24, 2.45) is 0 Å². The zero-order valence-electron chi connectivity index (χ0n) is 11.4. The van der Waals surface area contributed by atoms with Gasteiger partial charge in [0.15, 0.2) is 0 Å². The number of carboxylic acids is 1. The first kappa shape index (κ1) is 14.3. The number of nitro benzene ring substituents is 1. The standard InChI is InChI=1S/C14H18N2O4/c1-10-5-6-11(9-12(10)16(19)20)15-14(13(17)18)7-3-2-4-8-14/h5-6,9,15H,2-4,7-8H2,1H3,(H,17,18). The van der Waals surface area contributed by atoms with Crippen LogP contribution in [-0.2, 0) is 4.79 Å². The molecule has 6 nitrogen and oxygen atoms in total. The van der Waals surface area contributed by atoms with Crippen molar-refractivity contribution in [2.45, 2.75) is 44.6 Å². The van der Waals surface area contributed by atoms with Gasteiger partial charge < -0.3 is 10.4 Å². The van der Waals surface area contributed by atoms with E-state index in [1.54, 1.807) is 19.1 Å². The summed E-state index contributed by atoms with van der Waals surface area (Å²) in [4.78, 5) is 22.1. The van der Waals surface area contributed by atoms with Gasteiger partial charge in [-0.1, -0.05) is 25.3 Å². The second-order valence-electron chi connectivity index (χ2n) is 5.33. The number of aryl methyl sites for hydroxylation is 1. The highest BCUT2D eigenvalue weighted by molar-refractivity contribution is 5.83. The zero-order valence-corrected chi connectivity index (χ0v) is 11.4. The van der Waals surface area contributed by atoms with Gasteiger partial charge in [-0.3, -0.25) is 10.1 Å². The van der Waals surface area contributed by atoms with Crippen LogP contribution in [0.4, 0.5) is 11.4 Å². The number of nitrogens with one attached hydrogen (secondary N) is 1. The number of rotatable bonds is 4. The van der Waals surface area contributed by atoms with Crippen LogP contribution in [0.3, 0.4) is 0 Å². The zero-order chi connectivity index (χ0) is 14.8. The maximum Gasteiger partial charge on any atom is 0.329 e. The number of nitrogens with zero attached hydrogens (tertiary/aromatic N) is 1. The Balaban J connectivity index is 2.29. The van der Waals surface area contributed by atoms with Crippen molar-refractivity contribution in [1.82, 2.24) is 0 Å². The Labute approximate surface area is 117 Å².